The van der Waals surface area contributed by atoms with Crippen LogP contribution in [0.2, 0.25) is 0 Å². The van der Waals surface area contributed by atoms with Crippen LogP contribution in [0.15, 0.2) is 30.3 Å². The van der Waals surface area contributed by atoms with Crippen molar-refractivity contribution in [2.24, 2.45) is 11.8 Å². The molecule has 0 bridgehead atoms. The molecule has 4 rings (SSSR count). The average molecular weight is 516 g/mol. The van der Waals surface area contributed by atoms with Crippen molar-refractivity contribution in [3.8, 4) is 6.07 Å². The molecule has 7 nitrogen and oxygen atoms in total. The Hall–Kier alpha value is -3.19. The van der Waals surface area contributed by atoms with E-state index < -0.39 is 12.0 Å². The predicted octanol–water partition coefficient (Wildman–Crippen LogP) is 4.21. The number of hydrogen-bond acceptors (Lipinski definition) is 6. The number of nitrogens with one attached hydrogen (secondary N) is 1. The summed E-state index contributed by atoms with van der Waals surface area (Å²) in [6, 6.07) is 10.9. The van der Waals surface area contributed by atoms with E-state index in [0.29, 0.717) is 63.0 Å². The Morgan fingerprint density at radius 3 is 2.51 bits per heavy atom. The second-order valence-electron chi connectivity index (χ2n) is 10.0. The molecule has 1 aromatic carbocycles. The third-order valence-electron chi connectivity index (χ3n) is 7.42. The van der Waals surface area contributed by atoms with Crippen LogP contribution in [-0.2, 0) is 17.4 Å². The number of hydrogen-bond donors (Lipinski definition) is 2. The average Bonchev–Trinajstić information content (AvgIpc) is 2.92. The number of nitrogens with zero attached hydrogens (tertiary/aromatic N) is 4. The summed E-state index contributed by atoms with van der Waals surface area (Å²) in [5, 5.41) is 21.2. The van der Waals surface area contributed by atoms with Gasteiger partial charge in [-0.3, -0.25) is 4.79 Å². The van der Waals surface area contributed by atoms with E-state index in [2.05, 4.69) is 21.4 Å². The van der Waals surface area contributed by atoms with Crippen molar-refractivity contribution < 1.29 is 23.1 Å². The minimum atomic E-state index is -4.66. The van der Waals surface area contributed by atoms with E-state index >= 15 is 0 Å². The number of halogens is 3. The number of benzene rings is 1. The number of carbonyl (C=O) groups excluding carboxylic acids is 1. The molecule has 0 unspecified atom stereocenters. The number of carbonyl (C=O) groups is 1. The van der Waals surface area contributed by atoms with Gasteiger partial charge in [0.2, 0.25) is 11.7 Å². The van der Waals surface area contributed by atoms with Crippen molar-refractivity contribution in [1.82, 2.24) is 15.3 Å². The second-order valence-corrected chi connectivity index (χ2v) is 10.0. The van der Waals surface area contributed by atoms with Crippen LogP contribution in [0.3, 0.4) is 0 Å². The van der Waals surface area contributed by atoms with Crippen LogP contribution < -0.4 is 10.2 Å². The molecule has 1 aliphatic heterocycles. The lowest BCUT2D eigenvalue weighted by Crippen LogP contribution is -2.44. The van der Waals surface area contributed by atoms with Crippen LogP contribution in [0.1, 0.15) is 67.1 Å². The van der Waals surface area contributed by atoms with Crippen molar-refractivity contribution in [2.75, 3.05) is 31.1 Å². The van der Waals surface area contributed by atoms with Crippen molar-refractivity contribution in [1.29, 1.82) is 5.26 Å². The van der Waals surface area contributed by atoms with Crippen LogP contribution in [0.4, 0.5) is 19.0 Å². The van der Waals surface area contributed by atoms with Gasteiger partial charge in [-0.25, -0.2) is 9.97 Å². The van der Waals surface area contributed by atoms with E-state index in [1.165, 1.54) is 0 Å². The first-order valence-electron chi connectivity index (χ1n) is 12.9. The van der Waals surface area contributed by atoms with Crippen molar-refractivity contribution in [3.63, 3.8) is 0 Å². The van der Waals surface area contributed by atoms with Gasteiger partial charge in [-0.2, -0.15) is 18.4 Å². The SMILES string of the molecule is N#Cc1ccc(CCNC(=O)[C@@H]2CCCN(c3cc(C4CCC(CO)CC4)nc(C(F)(F)F)n3)C2)cc1. The summed E-state index contributed by atoms with van der Waals surface area (Å²) in [6.07, 6.45) is 0.186. The summed E-state index contributed by atoms with van der Waals surface area (Å²) in [4.78, 5) is 22.4. The first-order valence-corrected chi connectivity index (χ1v) is 12.9. The van der Waals surface area contributed by atoms with Gasteiger partial charge in [0, 0.05) is 43.9 Å². The normalized spacial score (nSPS) is 22.4. The van der Waals surface area contributed by atoms with Gasteiger partial charge in [0.15, 0.2) is 0 Å². The molecule has 10 heteroatoms. The Labute approximate surface area is 214 Å². The molecule has 2 fully saturated rings. The monoisotopic (exact) mass is 515 g/mol. The molecule has 2 heterocycles. The Balaban J connectivity index is 1.41. The maximum Gasteiger partial charge on any atom is 0.451 e. The van der Waals surface area contributed by atoms with E-state index in [1.807, 2.05) is 12.1 Å². The van der Waals surface area contributed by atoms with Gasteiger partial charge >= 0.3 is 6.18 Å². The number of nitriles is 1. The fraction of sp³-hybridized carbons (Fsp3) is 0.556. The number of amides is 1. The zero-order chi connectivity index (χ0) is 26.4. The van der Waals surface area contributed by atoms with E-state index in [4.69, 9.17) is 5.26 Å². The highest BCUT2D eigenvalue weighted by molar-refractivity contribution is 5.79. The van der Waals surface area contributed by atoms with E-state index in [0.717, 1.165) is 18.4 Å². The molecular weight excluding hydrogens is 483 g/mol. The molecule has 0 spiro atoms. The summed E-state index contributed by atoms with van der Waals surface area (Å²) in [7, 11) is 0. The number of rotatable bonds is 7. The fourth-order valence-corrected chi connectivity index (χ4v) is 5.21. The first-order chi connectivity index (χ1) is 17.8. The number of anilines is 1. The van der Waals surface area contributed by atoms with Crippen molar-refractivity contribution in [2.45, 2.75) is 57.0 Å². The molecule has 37 heavy (non-hydrogen) atoms. The number of aromatic nitrogens is 2. The minimum absolute atomic E-state index is 0.0975. The molecule has 0 radical (unpaired) electrons. The summed E-state index contributed by atoms with van der Waals surface area (Å²) < 4.78 is 41.0. The Morgan fingerprint density at radius 2 is 1.86 bits per heavy atom. The van der Waals surface area contributed by atoms with Gasteiger partial charge in [0.05, 0.1) is 17.6 Å². The number of aliphatic hydroxyl groups excluding tert-OH is 1. The van der Waals surface area contributed by atoms with Gasteiger partial charge in [0.25, 0.3) is 0 Å². The standard InChI is InChI=1S/C27H32F3N5O2/c28-27(29,30)26-33-23(21-9-7-20(17-36)8-10-21)14-24(34-26)35-13-1-2-22(16-35)25(37)32-12-11-18-3-5-19(15-31)6-4-18/h3-6,14,20-22,36H,1-2,7-13,16-17H2,(H,32,37)/t20?,21?,22-/m1/s1. The Bertz CT molecular complexity index is 1110. The molecule has 1 atom stereocenters. The maximum atomic E-state index is 13.7. The molecule has 2 N–H and O–H groups in total. The van der Waals surface area contributed by atoms with Crippen molar-refractivity contribution >= 4 is 11.7 Å². The maximum absolute atomic E-state index is 13.7. The molecule has 2 aliphatic rings. The molecule has 2 aromatic rings. The number of piperidine rings is 1. The summed E-state index contributed by atoms with van der Waals surface area (Å²) in [5.41, 5.74) is 1.97. The van der Waals surface area contributed by atoms with Crippen LogP contribution in [-0.4, -0.2) is 47.2 Å². The number of alkyl halides is 3. The molecule has 1 amide bonds. The summed E-state index contributed by atoms with van der Waals surface area (Å²) >= 11 is 0. The highest BCUT2D eigenvalue weighted by atomic mass is 19.4. The van der Waals surface area contributed by atoms with E-state index in [-0.39, 0.29) is 36.1 Å². The van der Waals surface area contributed by atoms with E-state index in [1.54, 1.807) is 23.1 Å². The summed E-state index contributed by atoms with van der Waals surface area (Å²) in [6.45, 7) is 1.36. The van der Waals surface area contributed by atoms with Gasteiger partial charge in [-0.1, -0.05) is 12.1 Å². The lowest BCUT2D eigenvalue weighted by molar-refractivity contribution is -0.145. The second kappa shape index (κ2) is 11.9. The van der Waals surface area contributed by atoms with Crippen molar-refractivity contribution in [3.05, 3.63) is 53.0 Å². The quantitative estimate of drug-likeness (QED) is 0.573. The third kappa shape index (κ3) is 6.98. The van der Waals surface area contributed by atoms with Crippen LogP contribution in [0.5, 0.6) is 0 Å². The smallest absolute Gasteiger partial charge is 0.396 e. The molecule has 1 saturated carbocycles. The summed E-state index contributed by atoms with van der Waals surface area (Å²) in [5.74, 6) is -1.29. The zero-order valence-corrected chi connectivity index (χ0v) is 20.7. The molecule has 1 aliphatic carbocycles. The molecule has 1 saturated heterocycles. The lowest BCUT2D eigenvalue weighted by Gasteiger charge is -2.34. The van der Waals surface area contributed by atoms with Gasteiger partial charge in [-0.15, -0.1) is 0 Å². The Kier molecular flexibility index (Phi) is 8.64. The van der Waals surface area contributed by atoms with Crippen LogP contribution in [0, 0.1) is 23.2 Å². The third-order valence-corrected chi connectivity index (χ3v) is 7.42. The predicted molar refractivity (Wildman–Crippen MR) is 132 cm³/mol. The largest absolute Gasteiger partial charge is 0.451 e. The molecular formula is C27H32F3N5O2. The topological polar surface area (TPSA) is 102 Å². The molecule has 1 aromatic heterocycles. The minimum Gasteiger partial charge on any atom is -0.396 e. The highest BCUT2D eigenvalue weighted by Gasteiger charge is 2.37. The van der Waals surface area contributed by atoms with Crippen LogP contribution in [0.25, 0.3) is 0 Å². The fourth-order valence-electron chi connectivity index (χ4n) is 5.21. The van der Waals surface area contributed by atoms with Crippen LogP contribution >= 0.6 is 0 Å². The highest BCUT2D eigenvalue weighted by Crippen LogP contribution is 2.38. The number of aliphatic hydroxyl groups is 1. The Morgan fingerprint density at radius 1 is 1.14 bits per heavy atom. The van der Waals surface area contributed by atoms with Gasteiger partial charge in [-0.05, 0) is 68.6 Å². The van der Waals surface area contributed by atoms with Gasteiger partial charge in [0.1, 0.15) is 5.82 Å². The molecule has 198 valence electrons. The first kappa shape index (κ1) is 26.9. The zero-order valence-electron chi connectivity index (χ0n) is 20.7. The van der Waals surface area contributed by atoms with E-state index in [9.17, 15) is 23.1 Å². The van der Waals surface area contributed by atoms with Gasteiger partial charge < -0.3 is 15.3 Å². The lowest BCUT2D eigenvalue weighted by atomic mass is 9.81.